The molecule has 2 unspecified atom stereocenters. The molecule has 0 amide bonds. The molecule has 0 aromatic heterocycles. The molecule has 1 aliphatic rings. The summed E-state index contributed by atoms with van der Waals surface area (Å²) in [5, 5.41) is 0. The van der Waals surface area contributed by atoms with Crippen LogP contribution in [0.5, 0.6) is 0 Å². The second-order valence-electron chi connectivity index (χ2n) is 2.54. The molecule has 0 bridgehead atoms. The Morgan fingerprint density at radius 2 is 2.50 bits per heavy atom. The molecule has 1 fully saturated rings. The molecule has 1 heterocycles. The number of aldehydes is 1. The van der Waals surface area contributed by atoms with E-state index in [9.17, 15) is 4.79 Å². The first-order valence-corrected chi connectivity index (χ1v) is 3.69. The lowest BCUT2D eigenvalue weighted by Crippen LogP contribution is -2.02. The predicted molar refractivity (Wildman–Crippen MR) is 40.9 cm³/mol. The molecule has 1 aliphatic heterocycles. The fraction of sp³-hybridized carbons (Fsp3) is 0.625. The molecule has 10 heavy (non-hydrogen) atoms. The zero-order valence-electron chi connectivity index (χ0n) is 6.29. The Hall–Kier alpha value is -0.630. The standard InChI is InChI=1S/C8H13NO/c1-2-4-8-7-9(8)5-3-6-10/h2,4,6,8H,3,5,7H2,1H3. The van der Waals surface area contributed by atoms with Gasteiger partial charge in [0.05, 0.1) is 0 Å². The molecular weight excluding hydrogens is 126 g/mol. The lowest BCUT2D eigenvalue weighted by atomic mass is 10.4. The molecule has 1 rings (SSSR count). The van der Waals surface area contributed by atoms with Gasteiger partial charge in [-0.1, -0.05) is 12.2 Å². The maximum absolute atomic E-state index is 9.96. The van der Waals surface area contributed by atoms with Crippen LogP contribution in [0.1, 0.15) is 13.3 Å². The number of nitrogens with zero attached hydrogens (tertiary/aromatic N) is 1. The first-order valence-electron chi connectivity index (χ1n) is 3.69. The van der Waals surface area contributed by atoms with Gasteiger partial charge in [0.2, 0.25) is 0 Å². The van der Waals surface area contributed by atoms with Gasteiger partial charge in [-0.25, -0.2) is 0 Å². The van der Waals surface area contributed by atoms with E-state index >= 15 is 0 Å². The van der Waals surface area contributed by atoms with E-state index in [-0.39, 0.29) is 0 Å². The number of hydrogen-bond acceptors (Lipinski definition) is 2. The van der Waals surface area contributed by atoms with Gasteiger partial charge in [0.1, 0.15) is 6.29 Å². The number of allylic oxidation sites excluding steroid dienone is 1. The Labute approximate surface area is 61.5 Å². The predicted octanol–water partition coefficient (Wildman–Crippen LogP) is 0.836. The zero-order valence-corrected chi connectivity index (χ0v) is 6.29. The Balaban J connectivity index is 2.07. The van der Waals surface area contributed by atoms with Gasteiger partial charge in [0.25, 0.3) is 0 Å². The van der Waals surface area contributed by atoms with Crippen LogP contribution in [0, 0.1) is 0 Å². The molecule has 0 aromatic carbocycles. The number of rotatable bonds is 4. The average Bonchev–Trinajstić information content (AvgIpc) is 2.65. The average molecular weight is 139 g/mol. The lowest BCUT2D eigenvalue weighted by molar-refractivity contribution is -0.107. The van der Waals surface area contributed by atoms with Crippen LogP contribution in [0.2, 0.25) is 0 Å². The Bertz CT molecular complexity index is 142. The van der Waals surface area contributed by atoms with E-state index in [0.717, 1.165) is 19.4 Å². The lowest BCUT2D eigenvalue weighted by Gasteiger charge is -1.93. The zero-order chi connectivity index (χ0) is 7.40. The van der Waals surface area contributed by atoms with Gasteiger partial charge in [-0.2, -0.15) is 0 Å². The van der Waals surface area contributed by atoms with Crippen molar-refractivity contribution in [1.82, 2.24) is 4.90 Å². The van der Waals surface area contributed by atoms with Crippen molar-refractivity contribution < 1.29 is 4.79 Å². The first kappa shape index (κ1) is 7.48. The maximum Gasteiger partial charge on any atom is 0.121 e. The molecular formula is C8H13NO. The molecule has 0 N–H and O–H groups in total. The van der Waals surface area contributed by atoms with Crippen LogP contribution < -0.4 is 0 Å². The minimum absolute atomic E-state index is 0.630. The molecule has 0 spiro atoms. The second kappa shape index (κ2) is 3.52. The van der Waals surface area contributed by atoms with Gasteiger partial charge in [0.15, 0.2) is 0 Å². The Kier molecular flexibility index (Phi) is 2.63. The van der Waals surface area contributed by atoms with Crippen molar-refractivity contribution in [3.05, 3.63) is 12.2 Å². The second-order valence-corrected chi connectivity index (χ2v) is 2.54. The molecule has 0 aliphatic carbocycles. The number of carbonyl (C=O) groups is 1. The summed E-state index contributed by atoms with van der Waals surface area (Å²) in [6.07, 6.45) is 5.88. The third-order valence-electron chi connectivity index (χ3n) is 1.71. The van der Waals surface area contributed by atoms with E-state index in [1.54, 1.807) is 0 Å². The molecule has 0 radical (unpaired) electrons. The topological polar surface area (TPSA) is 20.1 Å². The van der Waals surface area contributed by atoms with Crippen molar-refractivity contribution in [3.8, 4) is 0 Å². The van der Waals surface area contributed by atoms with Gasteiger partial charge >= 0.3 is 0 Å². The van der Waals surface area contributed by atoms with Crippen LogP contribution in [0.15, 0.2) is 12.2 Å². The quantitative estimate of drug-likeness (QED) is 0.327. The highest BCUT2D eigenvalue weighted by Gasteiger charge is 2.29. The number of carbonyl (C=O) groups excluding carboxylic acids is 1. The largest absolute Gasteiger partial charge is 0.303 e. The van der Waals surface area contributed by atoms with Crippen LogP contribution in [0.25, 0.3) is 0 Å². The highest BCUT2D eigenvalue weighted by Crippen LogP contribution is 2.17. The van der Waals surface area contributed by atoms with Gasteiger partial charge in [-0.3, -0.25) is 4.90 Å². The highest BCUT2D eigenvalue weighted by molar-refractivity contribution is 5.49. The maximum atomic E-state index is 9.96. The van der Waals surface area contributed by atoms with Gasteiger partial charge in [0, 0.05) is 25.6 Å². The minimum atomic E-state index is 0.630. The molecule has 2 heteroatoms. The van der Waals surface area contributed by atoms with Crippen LogP contribution in [-0.2, 0) is 4.79 Å². The van der Waals surface area contributed by atoms with Crippen LogP contribution in [0.4, 0.5) is 0 Å². The highest BCUT2D eigenvalue weighted by atomic mass is 16.1. The summed E-state index contributed by atoms with van der Waals surface area (Å²) in [5.74, 6) is 0. The summed E-state index contributed by atoms with van der Waals surface area (Å²) >= 11 is 0. The molecule has 2 atom stereocenters. The third kappa shape index (κ3) is 1.95. The van der Waals surface area contributed by atoms with E-state index in [0.29, 0.717) is 12.5 Å². The Morgan fingerprint density at radius 3 is 3.10 bits per heavy atom. The summed E-state index contributed by atoms with van der Waals surface area (Å²) in [6.45, 7) is 4.09. The SMILES string of the molecule is CC=CC1CN1CCC=O. The summed E-state index contributed by atoms with van der Waals surface area (Å²) in [6, 6.07) is 0.630. The van der Waals surface area contributed by atoms with Crippen molar-refractivity contribution in [2.45, 2.75) is 19.4 Å². The summed E-state index contributed by atoms with van der Waals surface area (Å²) in [5.41, 5.74) is 0. The van der Waals surface area contributed by atoms with Crippen molar-refractivity contribution in [2.75, 3.05) is 13.1 Å². The normalized spacial score (nSPS) is 30.9. The molecule has 56 valence electrons. The van der Waals surface area contributed by atoms with Crippen molar-refractivity contribution in [3.63, 3.8) is 0 Å². The molecule has 0 aromatic rings. The fourth-order valence-electron chi connectivity index (χ4n) is 1.07. The molecule has 0 saturated carbocycles. The van der Waals surface area contributed by atoms with Crippen molar-refractivity contribution in [2.24, 2.45) is 0 Å². The van der Waals surface area contributed by atoms with E-state index in [1.165, 1.54) is 0 Å². The van der Waals surface area contributed by atoms with Gasteiger partial charge < -0.3 is 4.79 Å². The van der Waals surface area contributed by atoms with Gasteiger partial charge in [-0.15, -0.1) is 0 Å². The minimum Gasteiger partial charge on any atom is -0.303 e. The third-order valence-corrected chi connectivity index (χ3v) is 1.71. The van der Waals surface area contributed by atoms with Crippen molar-refractivity contribution >= 4 is 6.29 Å². The van der Waals surface area contributed by atoms with E-state index < -0.39 is 0 Å². The van der Waals surface area contributed by atoms with Crippen LogP contribution in [0.3, 0.4) is 0 Å². The van der Waals surface area contributed by atoms with E-state index in [2.05, 4.69) is 17.1 Å². The smallest absolute Gasteiger partial charge is 0.121 e. The summed E-state index contributed by atoms with van der Waals surface area (Å²) in [4.78, 5) is 12.2. The molecule has 1 saturated heterocycles. The first-order chi connectivity index (χ1) is 4.88. The van der Waals surface area contributed by atoms with E-state index in [4.69, 9.17) is 0 Å². The number of hydrogen-bond donors (Lipinski definition) is 0. The van der Waals surface area contributed by atoms with Crippen LogP contribution >= 0.6 is 0 Å². The molecule has 2 nitrogen and oxygen atoms in total. The Morgan fingerprint density at radius 1 is 1.70 bits per heavy atom. The van der Waals surface area contributed by atoms with Gasteiger partial charge in [-0.05, 0) is 6.92 Å². The monoisotopic (exact) mass is 139 g/mol. The van der Waals surface area contributed by atoms with Crippen LogP contribution in [-0.4, -0.2) is 30.3 Å². The fourth-order valence-corrected chi connectivity index (χ4v) is 1.07. The van der Waals surface area contributed by atoms with E-state index in [1.807, 2.05) is 6.92 Å². The van der Waals surface area contributed by atoms with Crippen molar-refractivity contribution in [1.29, 1.82) is 0 Å². The summed E-state index contributed by atoms with van der Waals surface area (Å²) in [7, 11) is 0. The summed E-state index contributed by atoms with van der Waals surface area (Å²) < 4.78 is 0.